The monoisotopic (exact) mass is 274 g/mol. The Hall–Kier alpha value is -1.32. The molecule has 2 rings (SSSR count). The summed E-state index contributed by atoms with van der Waals surface area (Å²) in [6.07, 6.45) is 2.63. The maximum atomic E-state index is 5.49. The molecule has 1 heterocycles. The number of nitrogens with one attached hydrogen (secondary N) is 1. The molecule has 0 saturated carbocycles. The summed E-state index contributed by atoms with van der Waals surface area (Å²) >= 11 is 0. The van der Waals surface area contributed by atoms with Crippen molar-refractivity contribution < 1.29 is 4.74 Å². The summed E-state index contributed by atoms with van der Waals surface area (Å²) in [5.74, 6) is 0. The van der Waals surface area contributed by atoms with E-state index < -0.39 is 0 Å². The molecule has 0 atom stereocenters. The fraction of sp³-hybridized carbons (Fsp3) is 0.529. The van der Waals surface area contributed by atoms with Gasteiger partial charge in [0.25, 0.3) is 0 Å². The lowest BCUT2D eigenvalue weighted by atomic mass is 10.1. The Labute approximate surface area is 122 Å². The molecule has 3 heteroatoms. The van der Waals surface area contributed by atoms with Gasteiger partial charge in [-0.3, -0.25) is 0 Å². The van der Waals surface area contributed by atoms with E-state index in [1.807, 2.05) is 6.92 Å². The number of hydrogen-bond donors (Lipinski definition) is 1. The van der Waals surface area contributed by atoms with E-state index in [1.165, 1.54) is 37.2 Å². The number of benzene rings is 1. The molecule has 0 radical (unpaired) electrons. The van der Waals surface area contributed by atoms with Crippen LogP contribution in [0.3, 0.4) is 0 Å². The molecule has 0 aliphatic carbocycles. The quantitative estimate of drug-likeness (QED) is 0.582. The third kappa shape index (κ3) is 4.66. The molecular weight excluding hydrogens is 248 g/mol. The minimum atomic E-state index is 0.659. The molecule has 0 spiro atoms. The van der Waals surface area contributed by atoms with Crippen molar-refractivity contribution in [3.8, 4) is 0 Å². The summed E-state index contributed by atoms with van der Waals surface area (Å²) in [6.45, 7) is 11.4. The Morgan fingerprint density at radius 2 is 2.05 bits per heavy atom. The van der Waals surface area contributed by atoms with E-state index >= 15 is 0 Å². The van der Waals surface area contributed by atoms with Crippen LogP contribution in [0.4, 0.5) is 5.69 Å². The smallest absolute Gasteiger partial charge is 0.0672 e. The zero-order valence-corrected chi connectivity index (χ0v) is 12.5. The van der Waals surface area contributed by atoms with Crippen LogP contribution >= 0.6 is 0 Å². The van der Waals surface area contributed by atoms with Crippen LogP contribution in [-0.2, 0) is 11.3 Å². The van der Waals surface area contributed by atoms with Gasteiger partial charge in [0.15, 0.2) is 0 Å². The van der Waals surface area contributed by atoms with Gasteiger partial charge < -0.3 is 15.0 Å². The van der Waals surface area contributed by atoms with Crippen molar-refractivity contribution in [3.63, 3.8) is 0 Å². The van der Waals surface area contributed by atoms with Crippen molar-refractivity contribution in [1.29, 1.82) is 0 Å². The standard InChI is InChI=1S/C17H26N2O/c1-15(2)14-20-12-9-18-13-16-7-3-4-8-17(16)19-10-5-6-11-19/h3-4,7-8,18H,1,5-6,9-14H2,2H3. The molecule has 1 N–H and O–H groups in total. The molecule has 0 amide bonds. The van der Waals surface area contributed by atoms with Crippen molar-refractivity contribution >= 4 is 5.69 Å². The summed E-state index contributed by atoms with van der Waals surface area (Å²) in [4.78, 5) is 2.49. The average Bonchev–Trinajstić information content (AvgIpc) is 2.97. The molecule has 1 aliphatic rings. The highest BCUT2D eigenvalue weighted by Crippen LogP contribution is 2.24. The van der Waals surface area contributed by atoms with Gasteiger partial charge in [-0.15, -0.1) is 0 Å². The van der Waals surface area contributed by atoms with Gasteiger partial charge in [-0.25, -0.2) is 0 Å². The van der Waals surface area contributed by atoms with Gasteiger partial charge in [-0.2, -0.15) is 0 Å². The fourth-order valence-electron chi connectivity index (χ4n) is 2.54. The molecular formula is C17H26N2O. The summed E-state index contributed by atoms with van der Waals surface area (Å²) in [5.41, 5.74) is 3.85. The second kappa shape index (κ2) is 8.08. The van der Waals surface area contributed by atoms with Gasteiger partial charge in [-0.1, -0.05) is 30.4 Å². The highest BCUT2D eigenvalue weighted by molar-refractivity contribution is 5.54. The lowest BCUT2D eigenvalue weighted by Gasteiger charge is -2.21. The molecule has 110 valence electrons. The van der Waals surface area contributed by atoms with Crippen molar-refractivity contribution in [2.24, 2.45) is 0 Å². The Morgan fingerprint density at radius 1 is 1.30 bits per heavy atom. The van der Waals surface area contributed by atoms with E-state index in [4.69, 9.17) is 4.74 Å². The first-order valence-corrected chi connectivity index (χ1v) is 7.53. The summed E-state index contributed by atoms with van der Waals surface area (Å²) in [5, 5.41) is 3.46. The van der Waals surface area contributed by atoms with Crippen molar-refractivity contribution in [2.75, 3.05) is 37.7 Å². The average molecular weight is 274 g/mol. The number of hydrogen-bond acceptors (Lipinski definition) is 3. The topological polar surface area (TPSA) is 24.5 Å². The molecule has 1 saturated heterocycles. The van der Waals surface area contributed by atoms with Gasteiger partial charge in [0.05, 0.1) is 13.2 Å². The molecule has 1 aliphatic heterocycles. The zero-order valence-electron chi connectivity index (χ0n) is 12.5. The van der Waals surface area contributed by atoms with E-state index in [0.717, 1.165) is 25.3 Å². The van der Waals surface area contributed by atoms with Crippen LogP contribution in [0.1, 0.15) is 25.3 Å². The van der Waals surface area contributed by atoms with Crippen LogP contribution in [0.25, 0.3) is 0 Å². The highest BCUT2D eigenvalue weighted by atomic mass is 16.5. The third-order valence-corrected chi connectivity index (χ3v) is 3.53. The lowest BCUT2D eigenvalue weighted by molar-refractivity contribution is 0.158. The van der Waals surface area contributed by atoms with Gasteiger partial charge in [0.2, 0.25) is 0 Å². The largest absolute Gasteiger partial charge is 0.376 e. The molecule has 0 bridgehead atoms. The minimum absolute atomic E-state index is 0.659. The van der Waals surface area contributed by atoms with E-state index in [9.17, 15) is 0 Å². The summed E-state index contributed by atoms with van der Waals surface area (Å²) in [7, 11) is 0. The predicted octanol–water partition coefficient (Wildman–Crippen LogP) is 2.97. The number of anilines is 1. The third-order valence-electron chi connectivity index (χ3n) is 3.53. The number of rotatable bonds is 8. The Bertz CT molecular complexity index is 425. The second-order valence-electron chi connectivity index (χ2n) is 5.51. The van der Waals surface area contributed by atoms with Crippen molar-refractivity contribution in [1.82, 2.24) is 5.32 Å². The fourth-order valence-corrected chi connectivity index (χ4v) is 2.54. The molecule has 20 heavy (non-hydrogen) atoms. The van der Waals surface area contributed by atoms with Crippen LogP contribution in [0.15, 0.2) is 36.4 Å². The first-order chi connectivity index (χ1) is 9.77. The Balaban J connectivity index is 1.76. The van der Waals surface area contributed by atoms with Gasteiger partial charge >= 0.3 is 0 Å². The summed E-state index contributed by atoms with van der Waals surface area (Å²) < 4.78 is 5.49. The van der Waals surface area contributed by atoms with Crippen molar-refractivity contribution in [3.05, 3.63) is 42.0 Å². The predicted molar refractivity (Wildman–Crippen MR) is 85.2 cm³/mol. The van der Waals surface area contributed by atoms with Gasteiger partial charge in [-0.05, 0) is 31.4 Å². The SMILES string of the molecule is C=C(C)COCCNCc1ccccc1N1CCCC1. The number of nitrogens with zero attached hydrogens (tertiary/aromatic N) is 1. The van der Waals surface area contributed by atoms with Gasteiger partial charge in [0, 0.05) is 31.9 Å². The van der Waals surface area contributed by atoms with E-state index in [-0.39, 0.29) is 0 Å². The van der Waals surface area contributed by atoms with E-state index in [0.29, 0.717) is 6.61 Å². The normalized spacial score (nSPS) is 14.8. The molecule has 3 nitrogen and oxygen atoms in total. The molecule has 1 aromatic carbocycles. The van der Waals surface area contributed by atoms with Crippen LogP contribution in [0, 0.1) is 0 Å². The number of ether oxygens (including phenoxy) is 1. The highest BCUT2D eigenvalue weighted by Gasteiger charge is 2.14. The molecule has 0 aromatic heterocycles. The Morgan fingerprint density at radius 3 is 2.80 bits per heavy atom. The molecule has 1 aromatic rings. The first-order valence-electron chi connectivity index (χ1n) is 7.53. The van der Waals surface area contributed by atoms with Crippen molar-refractivity contribution in [2.45, 2.75) is 26.3 Å². The number of para-hydroxylation sites is 1. The van der Waals surface area contributed by atoms with Crippen LogP contribution < -0.4 is 10.2 Å². The van der Waals surface area contributed by atoms with Crippen LogP contribution in [0.2, 0.25) is 0 Å². The molecule has 1 fully saturated rings. The Kier molecular flexibility index (Phi) is 6.09. The maximum Gasteiger partial charge on any atom is 0.0672 e. The van der Waals surface area contributed by atoms with E-state index in [1.54, 1.807) is 0 Å². The second-order valence-corrected chi connectivity index (χ2v) is 5.51. The summed E-state index contributed by atoms with van der Waals surface area (Å²) in [6, 6.07) is 8.70. The van der Waals surface area contributed by atoms with Crippen LogP contribution in [-0.4, -0.2) is 32.8 Å². The first kappa shape index (κ1) is 15.1. The lowest BCUT2D eigenvalue weighted by Crippen LogP contribution is -2.23. The molecule has 0 unspecified atom stereocenters. The van der Waals surface area contributed by atoms with E-state index in [2.05, 4.69) is 41.1 Å². The maximum absolute atomic E-state index is 5.49. The zero-order chi connectivity index (χ0) is 14.2. The van der Waals surface area contributed by atoms with Crippen LogP contribution in [0.5, 0.6) is 0 Å². The minimum Gasteiger partial charge on any atom is -0.376 e. The van der Waals surface area contributed by atoms with Gasteiger partial charge in [0.1, 0.15) is 0 Å².